The van der Waals surface area contributed by atoms with Crippen molar-refractivity contribution in [2.45, 2.75) is 13.8 Å². The summed E-state index contributed by atoms with van der Waals surface area (Å²) in [4.78, 5) is 18.6. The number of H-pyrrole nitrogens is 1. The van der Waals surface area contributed by atoms with Crippen LogP contribution in [0.1, 0.15) is 17.0 Å². The number of aryl methyl sites for hydroxylation is 2. The molecule has 0 radical (unpaired) electrons. The fourth-order valence-corrected chi connectivity index (χ4v) is 2.27. The Labute approximate surface area is 115 Å². The SMILES string of the molecule is Cc1[nH]c(=O)c(C#N)cc1-c1ccc2ncc(C)n2c1. The minimum absolute atomic E-state index is 0.119. The van der Waals surface area contributed by atoms with Crippen LogP contribution in [-0.4, -0.2) is 14.4 Å². The minimum Gasteiger partial charge on any atom is -0.325 e. The number of fused-ring (bicyclic) bond motifs is 1. The highest BCUT2D eigenvalue weighted by molar-refractivity contribution is 5.68. The van der Waals surface area contributed by atoms with Gasteiger partial charge in [-0.1, -0.05) is 0 Å². The minimum atomic E-state index is -0.353. The molecule has 3 rings (SSSR count). The van der Waals surface area contributed by atoms with E-state index in [1.807, 2.05) is 42.6 Å². The van der Waals surface area contributed by atoms with Crippen LogP contribution < -0.4 is 5.56 Å². The Morgan fingerprint density at radius 3 is 2.90 bits per heavy atom. The van der Waals surface area contributed by atoms with Crippen molar-refractivity contribution in [2.75, 3.05) is 0 Å². The van der Waals surface area contributed by atoms with E-state index in [1.165, 1.54) is 0 Å². The Morgan fingerprint density at radius 2 is 2.15 bits per heavy atom. The quantitative estimate of drug-likeness (QED) is 0.732. The van der Waals surface area contributed by atoms with Crippen molar-refractivity contribution in [1.82, 2.24) is 14.4 Å². The lowest BCUT2D eigenvalue weighted by Gasteiger charge is -2.07. The second-order valence-electron chi connectivity index (χ2n) is 4.71. The highest BCUT2D eigenvalue weighted by Crippen LogP contribution is 2.23. The molecule has 3 heterocycles. The molecule has 0 saturated carbocycles. The highest BCUT2D eigenvalue weighted by Gasteiger charge is 2.09. The zero-order valence-corrected chi connectivity index (χ0v) is 11.1. The summed E-state index contributed by atoms with van der Waals surface area (Å²) in [5.41, 5.74) is 4.19. The van der Waals surface area contributed by atoms with Gasteiger partial charge in [-0.15, -0.1) is 0 Å². The number of imidazole rings is 1. The molecule has 0 spiro atoms. The van der Waals surface area contributed by atoms with Crippen LogP contribution in [0.3, 0.4) is 0 Å². The summed E-state index contributed by atoms with van der Waals surface area (Å²) < 4.78 is 1.98. The zero-order chi connectivity index (χ0) is 14.3. The number of aromatic amines is 1. The van der Waals surface area contributed by atoms with E-state index in [0.29, 0.717) is 0 Å². The van der Waals surface area contributed by atoms with Crippen molar-refractivity contribution in [3.63, 3.8) is 0 Å². The van der Waals surface area contributed by atoms with Crippen LogP contribution in [0.4, 0.5) is 0 Å². The van der Waals surface area contributed by atoms with Crippen LogP contribution in [0, 0.1) is 25.2 Å². The van der Waals surface area contributed by atoms with Crippen molar-refractivity contribution in [1.29, 1.82) is 5.26 Å². The first-order chi connectivity index (χ1) is 9.60. The van der Waals surface area contributed by atoms with E-state index in [0.717, 1.165) is 28.2 Å². The topological polar surface area (TPSA) is 73.9 Å². The molecule has 0 aliphatic heterocycles. The first kappa shape index (κ1) is 12.2. The molecule has 0 saturated heterocycles. The van der Waals surface area contributed by atoms with Gasteiger partial charge in [0, 0.05) is 34.9 Å². The number of rotatable bonds is 1. The average Bonchev–Trinajstić information content (AvgIpc) is 2.80. The predicted molar refractivity (Wildman–Crippen MR) is 75.4 cm³/mol. The molecule has 0 amide bonds. The van der Waals surface area contributed by atoms with Gasteiger partial charge in [-0.2, -0.15) is 5.26 Å². The van der Waals surface area contributed by atoms with Gasteiger partial charge in [0.05, 0.1) is 0 Å². The van der Waals surface area contributed by atoms with Crippen LogP contribution in [0.2, 0.25) is 0 Å². The van der Waals surface area contributed by atoms with Crippen molar-refractivity contribution in [2.24, 2.45) is 0 Å². The van der Waals surface area contributed by atoms with Gasteiger partial charge in [0.2, 0.25) is 0 Å². The van der Waals surface area contributed by atoms with Crippen LogP contribution in [0.15, 0.2) is 35.4 Å². The average molecular weight is 264 g/mol. The third kappa shape index (κ3) is 1.79. The first-order valence-corrected chi connectivity index (χ1v) is 6.18. The smallest absolute Gasteiger partial charge is 0.266 e. The van der Waals surface area contributed by atoms with Crippen LogP contribution in [-0.2, 0) is 0 Å². The van der Waals surface area contributed by atoms with E-state index in [1.54, 1.807) is 12.3 Å². The number of nitrogens with zero attached hydrogens (tertiary/aromatic N) is 3. The van der Waals surface area contributed by atoms with Crippen molar-refractivity contribution in [3.05, 3.63) is 57.9 Å². The second kappa shape index (κ2) is 4.35. The number of hydrogen-bond acceptors (Lipinski definition) is 3. The van der Waals surface area contributed by atoms with Gasteiger partial charge in [0.15, 0.2) is 0 Å². The number of nitrogens with one attached hydrogen (secondary N) is 1. The lowest BCUT2D eigenvalue weighted by atomic mass is 10.0. The van der Waals surface area contributed by atoms with Gasteiger partial charge >= 0.3 is 0 Å². The lowest BCUT2D eigenvalue weighted by Crippen LogP contribution is -2.12. The Kier molecular flexibility index (Phi) is 2.65. The Bertz CT molecular complexity index is 912. The summed E-state index contributed by atoms with van der Waals surface area (Å²) in [6.45, 7) is 3.80. The molecule has 3 aromatic rings. The molecular weight excluding hydrogens is 252 g/mol. The molecule has 5 heteroatoms. The van der Waals surface area contributed by atoms with Crippen LogP contribution in [0.25, 0.3) is 16.8 Å². The van der Waals surface area contributed by atoms with E-state index in [4.69, 9.17) is 5.26 Å². The number of aromatic nitrogens is 3. The van der Waals surface area contributed by atoms with E-state index in [2.05, 4.69) is 9.97 Å². The maximum absolute atomic E-state index is 11.6. The van der Waals surface area contributed by atoms with Gasteiger partial charge in [0.1, 0.15) is 17.3 Å². The molecule has 98 valence electrons. The Hall–Kier alpha value is -2.87. The van der Waals surface area contributed by atoms with E-state index >= 15 is 0 Å². The highest BCUT2D eigenvalue weighted by atomic mass is 16.1. The van der Waals surface area contributed by atoms with Gasteiger partial charge in [-0.25, -0.2) is 4.98 Å². The lowest BCUT2D eigenvalue weighted by molar-refractivity contribution is 1.10. The monoisotopic (exact) mass is 264 g/mol. The molecule has 0 bridgehead atoms. The van der Waals surface area contributed by atoms with E-state index < -0.39 is 0 Å². The third-order valence-corrected chi connectivity index (χ3v) is 3.36. The Morgan fingerprint density at radius 1 is 1.35 bits per heavy atom. The van der Waals surface area contributed by atoms with Crippen molar-refractivity contribution >= 4 is 5.65 Å². The molecule has 0 aliphatic rings. The second-order valence-corrected chi connectivity index (χ2v) is 4.71. The summed E-state index contributed by atoms with van der Waals surface area (Å²) in [6, 6.07) is 7.39. The molecule has 20 heavy (non-hydrogen) atoms. The summed E-state index contributed by atoms with van der Waals surface area (Å²) in [5.74, 6) is 0. The zero-order valence-electron chi connectivity index (χ0n) is 11.1. The maximum Gasteiger partial charge on any atom is 0.266 e. The molecule has 1 N–H and O–H groups in total. The van der Waals surface area contributed by atoms with E-state index in [-0.39, 0.29) is 11.1 Å². The predicted octanol–water partition coefficient (Wildman–Crippen LogP) is 2.18. The van der Waals surface area contributed by atoms with Crippen molar-refractivity contribution < 1.29 is 0 Å². The molecule has 3 aromatic heterocycles. The maximum atomic E-state index is 11.6. The fourth-order valence-electron chi connectivity index (χ4n) is 2.27. The fraction of sp³-hybridized carbons (Fsp3) is 0.133. The summed E-state index contributed by atoms with van der Waals surface area (Å²) in [7, 11) is 0. The molecule has 0 fully saturated rings. The summed E-state index contributed by atoms with van der Waals surface area (Å²) >= 11 is 0. The van der Waals surface area contributed by atoms with Gasteiger partial charge in [-0.3, -0.25) is 4.79 Å². The molecule has 0 unspecified atom stereocenters. The van der Waals surface area contributed by atoms with Gasteiger partial charge in [0.25, 0.3) is 5.56 Å². The third-order valence-electron chi connectivity index (χ3n) is 3.36. The van der Waals surface area contributed by atoms with Crippen LogP contribution >= 0.6 is 0 Å². The summed E-state index contributed by atoms with van der Waals surface area (Å²) in [5, 5.41) is 8.98. The largest absolute Gasteiger partial charge is 0.325 e. The van der Waals surface area contributed by atoms with Gasteiger partial charge in [-0.05, 0) is 32.0 Å². The molecule has 0 aliphatic carbocycles. The summed E-state index contributed by atoms with van der Waals surface area (Å²) in [6.07, 6.45) is 3.76. The molecule has 5 nitrogen and oxygen atoms in total. The molecular formula is C15H12N4O. The van der Waals surface area contributed by atoms with Gasteiger partial charge < -0.3 is 9.38 Å². The first-order valence-electron chi connectivity index (χ1n) is 6.18. The van der Waals surface area contributed by atoms with Crippen LogP contribution in [0.5, 0.6) is 0 Å². The molecule has 0 atom stereocenters. The molecule has 0 aromatic carbocycles. The number of nitriles is 1. The standard InChI is InChI=1S/C15H12N4O/c1-9-7-17-14-4-3-11(8-19(9)14)13-5-12(6-16)15(20)18-10(13)2/h3-5,7-8H,1-2H3,(H,18,20). The van der Waals surface area contributed by atoms with Crippen molar-refractivity contribution in [3.8, 4) is 17.2 Å². The Balaban J connectivity index is 2.27. The van der Waals surface area contributed by atoms with E-state index in [9.17, 15) is 4.79 Å². The number of pyridine rings is 2. The number of hydrogen-bond donors (Lipinski definition) is 1. The normalized spacial score (nSPS) is 10.7.